The summed E-state index contributed by atoms with van der Waals surface area (Å²) in [6, 6.07) is 0. The zero-order valence-electron chi connectivity index (χ0n) is 7.25. The summed E-state index contributed by atoms with van der Waals surface area (Å²) < 4.78 is 0. The summed E-state index contributed by atoms with van der Waals surface area (Å²) in [5, 5.41) is 0. The van der Waals surface area contributed by atoms with E-state index in [-0.39, 0.29) is 19.7 Å². The van der Waals surface area contributed by atoms with Crippen molar-refractivity contribution in [2.24, 2.45) is 11.5 Å². The van der Waals surface area contributed by atoms with Gasteiger partial charge in [-0.2, -0.15) is 0 Å². The molecule has 5 heteroatoms. The van der Waals surface area contributed by atoms with E-state index in [1.165, 1.54) is 0 Å². The minimum absolute atomic E-state index is 0.247. The van der Waals surface area contributed by atoms with Crippen LogP contribution in [-0.2, 0) is 9.59 Å². The van der Waals surface area contributed by atoms with Crippen molar-refractivity contribution in [1.82, 2.24) is 0 Å². The second-order valence-electron chi connectivity index (χ2n) is 2.74. The maximum absolute atomic E-state index is 10.4. The minimum atomic E-state index is -0.275. The summed E-state index contributed by atoms with van der Waals surface area (Å²) in [7, 11) is -0.247. The van der Waals surface area contributed by atoms with Gasteiger partial charge in [0.2, 0.25) is 11.8 Å². The molecule has 0 aliphatic carbocycles. The van der Waals surface area contributed by atoms with Crippen molar-refractivity contribution in [1.29, 1.82) is 0 Å². The fourth-order valence-corrected chi connectivity index (χ4v) is 2.14. The first-order valence-corrected chi connectivity index (χ1v) is 5.93. The van der Waals surface area contributed by atoms with E-state index in [1.807, 2.05) is 6.66 Å². The Morgan fingerprint density at radius 2 is 1.42 bits per heavy atom. The van der Waals surface area contributed by atoms with Crippen molar-refractivity contribution in [3.8, 4) is 0 Å². The Morgan fingerprint density at radius 3 is 1.67 bits per heavy atom. The number of hydrogen-bond acceptors (Lipinski definition) is 2. The highest BCUT2D eigenvalue weighted by molar-refractivity contribution is 7.56. The third kappa shape index (κ3) is 7.48. The topological polar surface area (TPSA) is 86.2 Å². The summed E-state index contributed by atoms with van der Waals surface area (Å²) >= 11 is 0. The van der Waals surface area contributed by atoms with Crippen molar-refractivity contribution < 1.29 is 9.59 Å². The molecule has 4 N–H and O–H groups in total. The van der Waals surface area contributed by atoms with Crippen LogP contribution in [0.2, 0.25) is 0 Å². The van der Waals surface area contributed by atoms with Gasteiger partial charge in [-0.15, -0.1) is 7.92 Å². The second-order valence-corrected chi connectivity index (χ2v) is 5.34. The van der Waals surface area contributed by atoms with Crippen LogP contribution in [-0.4, -0.2) is 30.8 Å². The molecule has 12 heavy (non-hydrogen) atoms. The lowest BCUT2D eigenvalue weighted by Crippen LogP contribution is -2.14. The first-order chi connectivity index (χ1) is 5.52. The quantitative estimate of drug-likeness (QED) is 0.570. The molecule has 0 saturated carbocycles. The maximum Gasteiger partial charge on any atom is 0.217 e. The van der Waals surface area contributed by atoms with Gasteiger partial charge >= 0.3 is 0 Å². The lowest BCUT2D eigenvalue weighted by atomic mass is 10.5. The van der Waals surface area contributed by atoms with E-state index >= 15 is 0 Å². The summed E-state index contributed by atoms with van der Waals surface area (Å²) in [6.45, 7) is 2.04. The largest absolute Gasteiger partial charge is 0.370 e. The van der Waals surface area contributed by atoms with Crippen molar-refractivity contribution >= 4 is 19.7 Å². The Morgan fingerprint density at radius 1 is 1.08 bits per heavy atom. The number of hydrogen-bond donors (Lipinski definition) is 2. The molecular weight excluding hydrogens is 175 g/mol. The van der Waals surface area contributed by atoms with Crippen molar-refractivity contribution in [2.45, 2.75) is 12.8 Å². The molecule has 0 aromatic heterocycles. The Labute approximate surface area is 73.4 Å². The molecule has 0 fully saturated rings. The number of primary amides is 2. The Balaban J connectivity index is 3.39. The fourth-order valence-electron chi connectivity index (χ4n) is 0.714. The van der Waals surface area contributed by atoms with Crippen LogP contribution >= 0.6 is 7.92 Å². The zero-order valence-corrected chi connectivity index (χ0v) is 8.14. The molecule has 0 aliphatic rings. The van der Waals surface area contributed by atoms with E-state index < -0.39 is 0 Å². The van der Waals surface area contributed by atoms with Gasteiger partial charge in [-0.3, -0.25) is 9.59 Å². The highest BCUT2D eigenvalue weighted by atomic mass is 31.1. The highest BCUT2D eigenvalue weighted by Gasteiger charge is 2.04. The van der Waals surface area contributed by atoms with Gasteiger partial charge in [-0.1, -0.05) is 0 Å². The Kier molecular flexibility index (Phi) is 5.64. The molecule has 0 atom stereocenters. The molecule has 4 nitrogen and oxygen atoms in total. The zero-order chi connectivity index (χ0) is 9.56. The summed E-state index contributed by atoms with van der Waals surface area (Å²) in [5.41, 5.74) is 9.95. The van der Waals surface area contributed by atoms with Gasteiger partial charge in [0.15, 0.2) is 0 Å². The van der Waals surface area contributed by atoms with Crippen molar-refractivity contribution in [3.63, 3.8) is 0 Å². The molecule has 0 aromatic rings. The lowest BCUT2D eigenvalue weighted by Gasteiger charge is -2.08. The number of rotatable bonds is 6. The van der Waals surface area contributed by atoms with Crippen LogP contribution in [0.4, 0.5) is 0 Å². The van der Waals surface area contributed by atoms with Gasteiger partial charge in [-0.25, -0.2) is 0 Å². The van der Waals surface area contributed by atoms with Crippen LogP contribution in [0.5, 0.6) is 0 Å². The predicted molar refractivity (Wildman–Crippen MR) is 50.2 cm³/mol. The monoisotopic (exact) mass is 190 g/mol. The van der Waals surface area contributed by atoms with Crippen LogP contribution in [0.3, 0.4) is 0 Å². The fraction of sp³-hybridized carbons (Fsp3) is 0.714. The first kappa shape index (κ1) is 11.4. The number of carbonyl (C=O) groups is 2. The molecule has 0 spiro atoms. The summed E-state index contributed by atoms with van der Waals surface area (Å²) in [6.07, 6.45) is 2.44. The Bertz CT molecular complexity index is 155. The SMILES string of the molecule is CP(CCC(N)=O)CCC(N)=O. The van der Waals surface area contributed by atoms with Gasteiger partial charge in [-0.05, 0) is 19.0 Å². The minimum Gasteiger partial charge on any atom is -0.370 e. The second kappa shape index (κ2) is 5.95. The predicted octanol–water partition coefficient (Wildman–Crippen LogP) is -0.151. The molecule has 0 aromatic carbocycles. The van der Waals surface area contributed by atoms with Gasteiger partial charge in [0, 0.05) is 12.8 Å². The molecule has 70 valence electrons. The van der Waals surface area contributed by atoms with Gasteiger partial charge in [0.1, 0.15) is 0 Å². The van der Waals surface area contributed by atoms with E-state index in [0.29, 0.717) is 12.8 Å². The molecule has 2 amide bonds. The van der Waals surface area contributed by atoms with E-state index in [4.69, 9.17) is 11.5 Å². The van der Waals surface area contributed by atoms with Crippen LogP contribution in [0.15, 0.2) is 0 Å². The van der Waals surface area contributed by atoms with Crippen LogP contribution < -0.4 is 11.5 Å². The van der Waals surface area contributed by atoms with Crippen LogP contribution in [0.25, 0.3) is 0 Å². The van der Waals surface area contributed by atoms with Crippen LogP contribution in [0, 0.1) is 0 Å². The molecule has 0 rings (SSSR count). The van der Waals surface area contributed by atoms with E-state index in [9.17, 15) is 9.59 Å². The average molecular weight is 190 g/mol. The summed E-state index contributed by atoms with van der Waals surface area (Å²) in [5.74, 6) is -0.549. The molecule has 0 saturated heterocycles. The van der Waals surface area contributed by atoms with Crippen molar-refractivity contribution in [3.05, 3.63) is 0 Å². The van der Waals surface area contributed by atoms with E-state index in [2.05, 4.69) is 0 Å². The summed E-state index contributed by atoms with van der Waals surface area (Å²) in [4.78, 5) is 20.8. The van der Waals surface area contributed by atoms with Gasteiger partial charge in [0.25, 0.3) is 0 Å². The standard InChI is InChI=1S/C7H15N2O2P/c1-12(4-2-6(8)10)5-3-7(9)11/h2-5H2,1H3,(H2,8,10)(H2,9,11). The first-order valence-electron chi connectivity index (χ1n) is 3.77. The lowest BCUT2D eigenvalue weighted by molar-refractivity contribution is -0.118. The third-order valence-electron chi connectivity index (χ3n) is 1.48. The van der Waals surface area contributed by atoms with Gasteiger partial charge in [0.05, 0.1) is 0 Å². The third-order valence-corrected chi connectivity index (χ3v) is 3.45. The van der Waals surface area contributed by atoms with Gasteiger partial charge < -0.3 is 11.5 Å². The van der Waals surface area contributed by atoms with E-state index in [0.717, 1.165) is 12.3 Å². The number of amides is 2. The number of carbonyl (C=O) groups excluding carboxylic acids is 2. The molecule has 0 heterocycles. The van der Waals surface area contributed by atoms with Crippen LogP contribution in [0.1, 0.15) is 12.8 Å². The Hall–Kier alpha value is -0.630. The normalized spacial score (nSPS) is 10.2. The number of nitrogens with two attached hydrogens (primary N) is 2. The molecule has 0 unspecified atom stereocenters. The van der Waals surface area contributed by atoms with Crippen molar-refractivity contribution in [2.75, 3.05) is 19.0 Å². The molecule has 0 aliphatic heterocycles. The molecule has 0 bridgehead atoms. The smallest absolute Gasteiger partial charge is 0.217 e. The maximum atomic E-state index is 10.4. The molecular formula is C7H15N2O2P. The molecule has 0 radical (unpaired) electrons. The average Bonchev–Trinajstić information content (AvgIpc) is 1.96. The van der Waals surface area contributed by atoms with E-state index in [1.54, 1.807) is 0 Å². The highest BCUT2D eigenvalue weighted by Crippen LogP contribution is 2.31.